The van der Waals surface area contributed by atoms with Gasteiger partial charge in [-0.2, -0.15) is 4.31 Å². The van der Waals surface area contributed by atoms with E-state index >= 15 is 0 Å². The number of amides is 1. The summed E-state index contributed by atoms with van der Waals surface area (Å²) in [6.07, 6.45) is 2.10. The monoisotopic (exact) mass is 354 g/mol. The van der Waals surface area contributed by atoms with Crippen LogP contribution < -0.4 is 5.32 Å². The Morgan fingerprint density at radius 2 is 2.04 bits per heavy atom. The zero-order chi connectivity index (χ0) is 17.3. The summed E-state index contributed by atoms with van der Waals surface area (Å²) in [6.45, 7) is 0.307. The van der Waals surface area contributed by atoms with E-state index in [0.29, 0.717) is 24.9 Å². The smallest absolute Gasteiger partial charge is 0.322 e. The van der Waals surface area contributed by atoms with Gasteiger partial charge in [0.05, 0.1) is 6.26 Å². The second kappa shape index (κ2) is 6.29. The van der Waals surface area contributed by atoms with Gasteiger partial charge in [0.2, 0.25) is 21.8 Å². The van der Waals surface area contributed by atoms with E-state index in [1.165, 1.54) is 24.3 Å². The fraction of sp³-hybridized carbons (Fsp3) is 0.357. The van der Waals surface area contributed by atoms with Crippen molar-refractivity contribution in [1.82, 2.24) is 14.5 Å². The molecule has 8 nitrogen and oxygen atoms in total. The van der Waals surface area contributed by atoms with Gasteiger partial charge < -0.3 is 4.42 Å². The third kappa shape index (κ3) is 3.44. The minimum atomic E-state index is -3.46. The van der Waals surface area contributed by atoms with E-state index in [1.807, 2.05) is 0 Å². The Labute approximate surface area is 137 Å². The first-order valence-electron chi connectivity index (χ1n) is 7.22. The Kier molecular flexibility index (Phi) is 4.33. The van der Waals surface area contributed by atoms with Crippen LogP contribution in [0.3, 0.4) is 0 Å². The van der Waals surface area contributed by atoms with Crippen molar-refractivity contribution < 1.29 is 22.0 Å². The Bertz CT molecular complexity index is 850. The van der Waals surface area contributed by atoms with Gasteiger partial charge in [0.1, 0.15) is 11.9 Å². The highest BCUT2D eigenvalue weighted by molar-refractivity contribution is 7.88. The van der Waals surface area contributed by atoms with Crippen LogP contribution in [0.2, 0.25) is 0 Å². The summed E-state index contributed by atoms with van der Waals surface area (Å²) < 4.78 is 42.7. The van der Waals surface area contributed by atoms with Gasteiger partial charge in [0.25, 0.3) is 0 Å². The zero-order valence-corrected chi connectivity index (χ0v) is 13.6. The van der Waals surface area contributed by atoms with Crippen LogP contribution in [0.5, 0.6) is 0 Å². The first-order chi connectivity index (χ1) is 11.3. The van der Waals surface area contributed by atoms with Crippen LogP contribution in [-0.2, 0) is 14.8 Å². The van der Waals surface area contributed by atoms with Crippen molar-refractivity contribution in [3.05, 3.63) is 30.1 Å². The lowest BCUT2D eigenvalue weighted by Gasteiger charge is -2.20. The number of hydrogen-bond acceptors (Lipinski definition) is 6. The highest BCUT2D eigenvalue weighted by atomic mass is 32.2. The number of halogens is 1. The summed E-state index contributed by atoms with van der Waals surface area (Å²) in [5.41, 5.74) is 0.503. The molecule has 3 rings (SSSR count). The summed E-state index contributed by atoms with van der Waals surface area (Å²) >= 11 is 0. The van der Waals surface area contributed by atoms with Gasteiger partial charge in [-0.3, -0.25) is 10.1 Å². The highest BCUT2D eigenvalue weighted by Crippen LogP contribution is 2.23. The maximum atomic E-state index is 12.9. The van der Waals surface area contributed by atoms with E-state index in [2.05, 4.69) is 15.5 Å². The molecule has 2 aromatic rings. The molecule has 24 heavy (non-hydrogen) atoms. The fourth-order valence-electron chi connectivity index (χ4n) is 2.57. The fourth-order valence-corrected chi connectivity index (χ4v) is 3.69. The molecule has 0 unspecified atom stereocenters. The molecule has 1 aromatic carbocycles. The van der Waals surface area contributed by atoms with Crippen LogP contribution in [0.4, 0.5) is 10.4 Å². The standard InChI is InChI=1S/C14H15FN4O4S/c1-24(21,22)19-8-2-3-11(19)12(20)16-14-18-17-13(23-14)9-4-6-10(15)7-5-9/h4-7,11H,2-3,8H2,1H3,(H,16,18,20)/t11-/m0/s1. The molecule has 0 bridgehead atoms. The Morgan fingerprint density at radius 3 is 2.71 bits per heavy atom. The van der Waals surface area contributed by atoms with Crippen molar-refractivity contribution in [3.63, 3.8) is 0 Å². The minimum Gasteiger partial charge on any atom is -0.403 e. The average molecular weight is 354 g/mol. The molecule has 0 aliphatic carbocycles. The molecule has 0 saturated carbocycles. The quantitative estimate of drug-likeness (QED) is 0.885. The van der Waals surface area contributed by atoms with Crippen molar-refractivity contribution >= 4 is 21.9 Å². The summed E-state index contributed by atoms with van der Waals surface area (Å²) in [4.78, 5) is 12.3. The van der Waals surface area contributed by atoms with Crippen molar-refractivity contribution in [3.8, 4) is 11.5 Å². The largest absolute Gasteiger partial charge is 0.403 e. The number of hydrogen-bond donors (Lipinski definition) is 1. The van der Waals surface area contributed by atoms with E-state index in [4.69, 9.17) is 4.42 Å². The molecule has 1 saturated heterocycles. The first-order valence-corrected chi connectivity index (χ1v) is 9.06. The van der Waals surface area contributed by atoms with Crippen molar-refractivity contribution in [2.75, 3.05) is 18.1 Å². The molecule has 1 amide bonds. The van der Waals surface area contributed by atoms with Gasteiger partial charge in [-0.25, -0.2) is 12.8 Å². The third-order valence-corrected chi connectivity index (χ3v) is 4.97. The molecule has 0 radical (unpaired) electrons. The lowest BCUT2D eigenvalue weighted by atomic mass is 10.2. The van der Waals surface area contributed by atoms with Gasteiger partial charge in [0.15, 0.2) is 0 Å². The van der Waals surface area contributed by atoms with Gasteiger partial charge in [-0.05, 0) is 37.1 Å². The van der Waals surface area contributed by atoms with Crippen molar-refractivity contribution in [1.29, 1.82) is 0 Å². The number of carbonyl (C=O) groups excluding carboxylic acids is 1. The lowest BCUT2D eigenvalue weighted by Crippen LogP contribution is -2.42. The van der Waals surface area contributed by atoms with Gasteiger partial charge in [-0.15, -0.1) is 5.10 Å². The molecule has 1 aromatic heterocycles. The number of rotatable bonds is 4. The van der Waals surface area contributed by atoms with Gasteiger partial charge >= 0.3 is 6.01 Å². The van der Waals surface area contributed by atoms with Crippen LogP contribution in [0.1, 0.15) is 12.8 Å². The Balaban J connectivity index is 1.72. The maximum Gasteiger partial charge on any atom is 0.322 e. The molecule has 2 heterocycles. The topological polar surface area (TPSA) is 105 Å². The zero-order valence-electron chi connectivity index (χ0n) is 12.8. The SMILES string of the molecule is CS(=O)(=O)N1CCC[C@H]1C(=O)Nc1nnc(-c2ccc(F)cc2)o1. The number of benzene rings is 1. The minimum absolute atomic E-state index is 0.122. The molecule has 10 heteroatoms. The molecule has 1 aliphatic heterocycles. The number of anilines is 1. The predicted octanol–water partition coefficient (Wildman–Crippen LogP) is 1.24. The van der Waals surface area contributed by atoms with Gasteiger partial charge in [0, 0.05) is 12.1 Å². The van der Waals surface area contributed by atoms with Crippen LogP contribution in [-0.4, -0.2) is 47.7 Å². The average Bonchev–Trinajstić information content (AvgIpc) is 3.16. The molecule has 1 aliphatic rings. The number of nitrogens with one attached hydrogen (secondary N) is 1. The third-order valence-electron chi connectivity index (χ3n) is 3.68. The summed E-state index contributed by atoms with van der Waals surface area (Å²) in [5, 5.41) is 9.91. The number of carbonyl (C=O) groups is 1. The number of aromatic nitrogens is 2. The van der Waals surface area contributed by atoms with Crippen molar-refractivity contribution in [2.45, 2.75) is 18.9 Å². The maximum absolute atomic E-state index is 12.9. The Morgan fingerprint density at radius 1 is 1.33 bits per heavy atom. The summed E-state index contributed by atoms with van der Waals surface area (Å²) in [6, 6.07) is 4.51. The van der Waals surface area contributed by atoms with Gasteiger partial charge in [-0.1, -0.05) is 5.10 Å². The Hall–Kier alpha value is -2.33. The molecule has 1 N–H and O–H groups in total. The molecule has 1 atom stereocenters. The molecule has 128 valence electrons. The number of sulfonamides is 1. The van der Waals surface area contributed by atoms with E-state index < -0.39 is 27.8 Å². The van der Waals surface area contributed by atoms with Crippen LogP contribution >= 0.6 is 0 Å². The van der Waals surface area contributed by atoms with E-state index in [1.54, 1.807) is 0 Å². The second-order valence-electron chi connectivity index (χ2n) is 5.44. The predicted molar refractivity (Wildman–Crippen MR) is 82.9 cm³/mol. The lowest BCUT2D eigenvalue weighted by molar-refractivity contribution is -0.119. The first kappa shape index (κ1) is 16.5. The van der Waals surface area contributed by atoms with E-state index in [0.717, 1.165) is 10.6 Å². The van der Waals surface area contributed by atoms with Crippen LogP contribution in [0.25, 0.3) is 11.5 Å². The number of nitrogens with zero attached hydrogens (tertiary/aromatic N) is 3. The normalized spacial score (nSPS) is 18.7. The molecular formula is C14H15FN4O4S. The van der Waals surface area contributed by atoms with E-state index in [9.17, 15) is 17.6 Å². The van der Waals surface area contributed by atoms with Crippen molar-refractivity contribution in [2.24, 2.45) is 0 Å². The van der Waals surface area contributed by atoms with Crippen LogP contribution in [0.15, 0.2) is 28.7 Å². The molecule has 1 fully saturated rings. The molecule has 0 spiro atoms. The second-order valence-corrected chi connectivity index (χ2v) is 7.38. The van der Waals surface area contributed by atoms with Crippen LogP contribution in [0, 0.1) is 5.82 Å². The van der Waals surface area contributed by atoms with E-state index in [-0.39, 0.29) is 11.9 Å². The summed E-state index contributed by atoms with van der Waals surface area (Å²) in [5.74, 6) is -0.794. The highest BCUT2D eigenvalue weighted by Gasteiger charge is 2.36. The molecular weight excluding hydrogens is 339 g/mol. The summed E-state index contributed by atoms with van der Waals surface area (Å²) in [7, 11) is -3.46.